The van der Waals surface area contributed by atoms with Gasteiger partial charge in [-0.25, -0.2) is 9.50 Å². The quantitative estimate of drug-likeness (QED) is 0.797. The van der Waals surface area contributed by atoms with E-state index in [1.165, 1.54) is 0 Å². The Balaban J connectivity index is 1.41. The van der Waals surface area contributed by atoms with E-state index in [0.29, 0.717) is 19.5 Å². The number of anilines is 1. The molecule has 6 heteroatoms. The van der Waals surface area contributed by atoms with Crippen LogP contribution < -0.4 is 10.2 Å². The van der Waals surface area contributed by atoms with Crippen LogP contribution in [0.15, 0.2) is 48.8 Å². The molecule has 1 fully saturated rings. The Hall–Kier alpha value is -2.73. The summed E-state index contributed by atoms with van der Waals surface area (Å²) in [4.78, 5) is 18.5. The number of nitrogens with one attached hydrogen (secondary N) is 1. The molecular formula is C18H19N5O. The molecule has 0 radical (unpaired) electrons. The van der Waals surface area contributed by atoms with Gasteiger partial charge in [-0.05, 0) is 19.1 Å². The smallest absolute Gasteiger partial charge is 0.228 e. The van der Waals surface area contributed by atoms with E-state index < -0.39 is 0 Å². The highest BCUT2D eigenvalue weighted by molar-refractivity contribution is 5.96. The SMILES string of the molecule is Cc1cc2ncc(CNC3CC(=O)N(c4ccccc4)C3)cn2n1. The summed E-state index contributed by atoms with van der Waals surface area (Å²) in [5.74, 6) is 0.162. The summed E-state index contributed by atoms with van der Waals surface area (Å²) in [6.45, 7) is 3.32. The molecule has 1 saturated heterocycles. The van der Waals surface area contributed by atoms with Crippen LogP contribution in [0, 0.1) is 6.92 Å². The van der Waals surface area contributed by atoms with Crippen LogP contribution in [0.1, 0.15) is 17.7 Å². The number of rotatable bonds is 4. The lowest BCUT2D eigenvalue weighted by Crippen LogP contribution is -2.32. The third kappa shape index (κ3) is 2.88. The lowest BCUT2D eigenvalue weighted by atomic mass is 10.2. The number of carbonyl (C=O) groups excluding carboxylic acids is 1. The first-order valence-electron chi connectivity index (χ1n) is 8.09. The lowest BCUT2D eigenvalue weighted by molar-refractivity contribution is -0.117. The lowest BCUT2D eigenvalue weighted by Gasteiger charge is -2.17. The first-order chi connectivity index (χ1) is 11.7. The van der Waals surface area contributed by atoms with Crippen molar-refractivity contribution in [2.24, 2.45) is 0 Å². The monoisotopic (exact) mass is 321 g/mol. The maximum absolute atomic E-state index is 12.2. The third-order valence-electron chi connectivity index (χ3n) is 4.28. The van der Waals surface area contributed by atoms with Crippen LogP contribution in [0.4, 0.5) is 5.69 Å². The van der Waals surface area contributed by atoms with E-state index in [9.17, 15) is 4.79 Å². The van der Waals surface area contributed by atoms with Gasteiger partial charge >= 0.3 is 0 Å². The molecule has 1 aromatic carbocycles. The summed E-state index contributed by atoms with van der Waals surface area (Å²) in [5.41, 5.74) is 3.81. The second-order valence-corrected chi connectivity index (χ2v) is 6.17. The van der Waals surface area contributed by atoms with Crippen LogP contribution in [0.5, 0.6) is 0 Å². The number of aryl methyl sites for hydroxylation is 1. The van der Waals surface area contributed by atoms with Crippen LogP contribution in [0.2, 0.25) is 0 Å². The number of para-hydroxylation sites is 1. The molecule has 0 spiro atoms. The summed E-state index contributed by atoms with van der Waals surface area (Å²) >= 11 is 0. The zero-order valence-electron chi connectivity index (χ0n) is 13.5. The van der Waals surface area contributed by atoms with Gasteiger partial charge in [-0.1, -0.05) is 18.2 Å². The average molecular weight is 321 g/mol. The molecule has 6 nitrogen and oxygen atoms in total. The molecule has 0 aliphatic carbocycles. The van der Waals surface area contributed by atoms with Gasteiger partial charge in [0.05, 0.1) is 5.69 Å². The second-order valence-electron chi connectivity index (χ2n) is 6.17. The molecule has 122 valence electrons. The molecule has 1 aliphatic heterocycles. The minimum atomic E-state index is 0.146. The Morgan fingerprint density at radius 1 is 1.29 bits per heavy atom. The molecule has 4 rings (SSSR count). The van der Waals surface area contributed by atoms with E-state index in [0.717, 1.165) is 22.6 Å². The highest BCUT2D eigenvalue weighted by Crippen LogP contribution is 2.21. The van der Waals surface area contributed by atoms with Crippen molar-refractivity contribution in [3.05, 3.63) is 60.0 Å². The zero-order valence-corrected chi connectivity index (χ0v) is 13.5. The molecule has 24 heavy (non-hydrogen) atoms. The molecule has 1 N–H and O–H groups in total. The highest BCUT2D eigenvalue weighted by Gasteiger charge is 2.30. The van der Waals surface area contributed by atoms with Crippen molar-refractivity contribution in [3.63, 3.8) is 0 Å². The normalized spacial score (nSPS) is 17.8. The van der Waals surface area contributed by atoms with E-state index in [1.54, 1.807) is 4.52 Å². The molecule has 2 aromatic heterocycles. The summed E-state index contributed by atoms with van der Waals surface area (Å²) in [5, 5.41) is 7.84. The van der Waals surface area contributed by atoms with Crippen LogP contribution in [-0.4, -0.2) is 33.1 Å². The Labute approximate surface area is 140 Å². The van der Waals surface area contributed by atoms with Crippen molar-refractivity contribution >= 4 is 17.2 Å². The van der Waals surface area contributed by atoms with E-state index in [2.05, 4.69) is 15.4 Å². The van der Waals surface area contributed by atoms with E-state index in [4.69, 9.17) is 0 Å². The van der Waals surface area contributed by atoms with Gasteiger partial charge in [0.25, 0.3) is 0 Å². The number of benzene rings is 1. The summed E-state index contributed by atoms with van der Waals surface area (Å²) < 4.78 is 1.79. The number of fused-ring (bicyclic) bond motifs is 1. The molecular weight excluding hydrogens is 302 g/mol. The number of nitrogens with zero attached hydrogens (tertiary/aromatic N) is 4. The Bertz CT molecular complexity index is 874. The van der Waals surface area contributed by atoms with Crippen molar-refractivity contribution in [1.82, 2.24) is 19.9 Å². The fourth-order valence-electron chi connectivity index (χ4n) is 3.09. The largest absolute Gasteiger partial charge is 0.311 e. The maximum atomic E-state index is 12.2. The zero-order chi connectivity index (χ0) is 16.5. The number of hydrogen-bond donors (Lipinski definition) is 1. The number of amides is 1. The van der Waals surface area contributed by atoms with Crippen molar-refractivity contribution in [3.8, 4) is 0 Å². The van der Waals surface area contributed by atoms with Gasteiger partial charge in [0.2, 0.25) is 5.91 Å². The van der Waals surface area contributed by atoms with Crippen LogP contribution in [0.3, 0.4) is 0 Å². The fraction of sp³-hybridized carbons (Fsp3) is 0.278. The molecule has 1 unspecified atom stereocenters. The number of aromatic nitrogens is 3. The minimum Gasteiger partial charge on any atom is -0.311 e. The van der Waals surface area contributed by atoms with E-state index in [1.807, 2.05) is 60.6 Å². The second kappa shape index (κ2) is 6.05. The molecule has 1 atom stereocenters. The van der Waals surface area contributed by atoms with Crippen molar-refractivity contribution < 1.29 is 4.79 Å². The number of carbonyl (C=O) groups is 1. The van der Waals surface area contributed by atoms with Gasteiger partial charge in [-0.2, -0.15) is 5.10 Å². The van der Waals surface area contributed by atoms with Gasteiger partial charge in [0.1, 0.15) is 0 Å². The average Bonchev–Trinajstić information content (AvgIpc) is 3.14. The highest BCUT2D eigenvalue weighted by atomic mass is 16.2. The minimum absolute atomic E-state index is 0.146. The van der Waals surface area contributed by atoms with Gasteiger partial charge in [0, 0.05) is 55.3 Å². The number of hydrogen-bond acceptors (Lipinski definition) is 4. The summed E-state index contributed by atoms with van der Waals surface area (Å²) in [6, 6.07) is 11.9. The molecule has 1 aliphatic rings. The Kier molecular flexibility index (Phi) is 3.74. The van der Waals surface area contributed by atoms with Gasteiger partial charge in [0.15, 0.2) is 5.65 Å². The maximum Gasteiger partial charge on any atom is 0.228 e. The van der Waals surface area contributed by atoms with Gasteiger partial charge in [-0.3, -0.25) is 4.79 Å². The van der Waals surface area contributed by atoms with Crippen molar-refractivity contribution in [2.45, 2.75) is 25.9 Å². The van der Waals surface area contributed by atoms with Crippen LogP contribution in [0.25, 0.3) is 5.65 Å². The topological polar surface area (TPSA) is 62.5 Å². The van der Waals surface area contributed by atoms with E-state index in [-0.39, 0.29) is 11.9 Å². The molecule has 0 bridgehead atoms. The fourth-order valence-corrected chi connectivity index (χ4v) is 3.09. The third-order valence-corrected chi connectivity index (χ3v) is 4.28. The van der Waals surface area contributed by atoms with Gasteiger partial charge in [-0.15, -0.1) is 0 Å². The van der Waals surface area contributed by atoms with Gasteiger partial charge < -0.3 is 10.2 Å². The molecule has 3 aromatic rings. The Morgan fingerprint density at radius 2 is 2.12 bits per heavy atom. The molecule has 3 heterocycles. The van der Waals surface area contributed by atoms with Crippen molar-refractivity contribution in [1.29, 1.82) is 0 Å². The first kappa shape index (κ1) is 14.8. The van der Waals surface area contributed by atoms with Crippen LogP contribution >= 0.6 is 0 Å². The predicted molar refractivity (Wildman–Crippen MR) is 91.8 cm³/mol. The van der Waals surface area contributed by atoms with E-state index >= 15 is 0 Å². The van der Waals surface area contributed by atoms with Crippen molar-refractivity contribution in [2.75, 3.05) is 11.4 Å². The molecule has 1 amide bonds. The standard InChI is InChI=1S/C18H19N5O/c1-13-7-17-20-10-14(11-23(17)21-13)9-19-15-8-18(24)22(12-15)16-5-3-2-4-6-16/h2-7,10-11,15,19H,8-9,12H2,1H3. The van der Waals surface area contributed by atoms with Crippen LogP contribution in [-0.2, 0) is 11.3 Å². The first-order valence-corrected chi connectivity index (χ1v) is 8.09. The summed E-state index contributed by atoms with van der Waals surface area (Å²) in [7, 11) is 0. The predicted octanol–water partition coefficient (Wildman–Crippen LogP) is 1.93. The molecule has 0 saturated carbocycles. The Morgan fingerprint density at radius 3 is 2.96 bits per heavy atom. The summed E-state index contributed by atoms with van der Waals surface area (Å²) in [6.07, 6.45) is 4.36.